The summed E-state index contributed by atoms with van der Waals surface area (Å²) >= 11 is 1.89. The van der Waals surface area contributed by atoms with Gasteiger partial charge in [0.1, 0.15) is 5.82 Å². The molecule has 0 spiro atoms. The van der Waals surface area contributed by atoms with Crippen molar-refractivity contribution in [2.75, 3.05) is 11.5 Å². The van der Waals surface area contributed by atoms with Crippen LogP contribution in [0.15, 0.2) is 12.4 Å². The quantitative estimate of drug-likeness (QED) is 0.726. The molecule has 1 heterocycles. The van der Waals surface area contributed by atoms with Crippen molar-refractivity contribution < 1.29 is 0 Å². The average Bonchev–Trinajstić information content (AvgIpc) is 2.45. The second kappa shape index (κ2) is 5.29. The molecule has 74 valence electrons. The summed E-state index contributed by atoms with van der Waals surface area (Å²) in [6.07, 6.45) is 3.85. The summed E-state index contributed by atoms with van der Waals surface area (Å²) in [6, 6.07) is 0.300. The van der Waals surface area contributed by atoms with Crippen LogP contribution in [-0.2, 0) is 6.54 Å². The normalized spacial score (nSPS) is 13.2. The monoisotopic (exact) mass is 199 g/mol. The van der Waals surface area contributed by atoms with Crippen LogP contribution in [0.4, 0.5) is 0 Å². The lowest BCUT2D eigenvalue weighted by molar-refractivity contribution is 0.736. The predicted octanol–water partition coefficient (Wildman–Crippen LogP) is 1.27. The Morgan fingerprint density at radius 1 is 1.69 bits per heavy atom. The summed E-state index contributed by atoms with van der Waals surface area (Å²) in [5.41, 5.74) is 5.64. The van der Waals surface area contributed by atoms with E-state index < -0.39 is 0 Å². The van der Waals surface area contributed by atoms with Crippen LogP contribution in [0.5, 0.6) is 0 Å². The zero-order valence-corrected chi connectivity index (χ0v) is 9.05. The van der Waals surface area contributed by atoms with E-state index in [1.54, 1.807) is 0 Å². The maximum absolute atomic E-state index is 5.64. The first-order chi connectivity index (χ1) is 6.20. The highest BCUT2D eigenvalue weighted by atomic mass is 32.2. The Balaban J connectivity index is 2.17. The topological polar surface area (TPSA) is 43.8 Å². The van der Waals surface area contributed by atoms with Crippen LogP contribution in [0.2, 0.25) is 0 Å². The van der Waals surface area contributed by atoms with E-state index in [4.69, 9.17) is 5.73 Å². The number of nitrogens with two attached hydrogens (primary N) is 1. The summed E-state index contributed by atoms with van der Waals surface area (Å²) in [5.74, 6) is 3.23. The van der Waals surface area contributed by atoms with Crippen molar-refractivity contribution in [3.05, 3.63) is 18.2 Å². The molecule has 0 bridgehead atoms. The molecule has 4 heteroatoms. The van der Waals surface area contributed by atoms with Gasteiger partial charge in [0.25, 0.3) is 0 Å². The third kappa shape index (κ3) is 3.83. The Kier molecular flexibility index (Phi) is 4.32. The van der Waals surface area contributed by atoms with Gasteiger partial charge in [-0.25, -0.2) is 4.98 Å². The second-order valence-electron chi connectivity index (χ2n) is 3.22. The Morgan fingerprint density at radius 2 is 2.46 bits per heavy atom. The molecule has 0 fully saturated rings. The van der Waals surface area contributed by atoms with Gasteiger partial charge in [0.2, 0.25) is 0 Å². The first-order valence-electron chi connectivity index (χ1n) is 4.51. The fraction of sp³-hybridized carbons (Fsp3) is 0.667. The zero-order valence-electron chi connectivity index (χ0n) is 8.23. The maximum atomic E-state index is 5.64. The molecule has 2 N–H and O–H groups in total. The molecule has 0 saturated carbocycles. The van der Waals surface area contributed by atoms with Crippen LogP contribution in [0.3, 0.4) is 0 Å². The fourth-order valence-corrected chi connectivity index (χ4v) is 1.94. The number of hydrogen-bond acceptors (Lipinski definition) is 3. The first-order valence-corrected chi connectivity index (χ1v) is 5.66. The van der Waals surface area contributed by atoms with E-state index >= 15 is 0 Å². The van der Waals surface area contributed by atoms with Gasteiger partial charge in [0.15, 0.2) is 0 Å². The molecule has 0 radical (unpaired) electrons. The van der Waals surface area contributed by atoms with Gasteiger partial charge in [-0.15, -0.1) is 0 Å². The molecule has 13 heavy (non-hydrogen) atoms. The lowest BCUT2D eigenvalue weighted by atomic mass is 10.4. The highest BCUT2D eigenvalue weighted by Crippen LogP contribution is 2.04. The number of aromatic nitrogens is 2. The SMILES string of the molecule is Cc1nccn1CCSCC(C)N. The Morgan fingerprint density at radius 3 is 3.00 bits per heavy atom. The van der Waals surface area contributed by atoms with Gasteiger partial charge in [-0.2, -0.15) is 11.8 Å². The number of rotatable bonds is 5. The first kappa shape index (κ1) is 10.6. The van der Waals surface area contributed by atoms with Crippen LogP contribution >= 0.6 is 11.8 Å². The van der Waals surface area contributed by atoms with Gasteiger partial charge in [0, 0.05) is 36.5 Å². The lowest BCUT2D eigenvalue weighted by Crippen LogP contribution is -2.18. The highest BCUT2D eigenvalue weighted by molar-refractivity contribution is 7.99. The standard InChI is InChI=1S/C9H17N3S/c1-8(10)7-13-6-5-12-4-3-11-9(12)2/h3-4,8H,5-7,10H2,1-2H3. The number of thioether (sulfide) groups is 1. The Labute approximate surface area is 83.7 Å². The van der Waals surface area contributed by atoms with Gasteiger partial charge < -0.3 is 10.3 Å². The van der Waals surface area contributed by atoms with Crippen molar-refractivity contribution in [3.63, 3.8) is 0 Å². The van der Waals surface area contributed by atoms with Gasteiger partial charge in [-0.1, -0.05) is 0 Å². The van der Waals surface area contributed by atoms with E-state index in [9.17, 15) is 0 Å². The van der Waals surface area contributed by atoms with Crippen molar-refractivity contribution in [3.8, 4) is 0 Å². The van der Waals surface area contributed by atoms with E-state index in [1.165, 1.54) is 0 Å². The molecule has 0 aliphatic rings. The molecule has 1 unspecified atom stereocenters. The average molecular weight is 199 g/mol. The minimum atomic E-state index is 0.300. The summed E-state index contributed by atoms with van der Waals surface area (Å²) in [7, 11) is 0. The summed E-state index contributed by atoms with van der Waals surface area (Å²) in [6.45, 7) is 5.09. The fourth-order valence-electron chi connectivity index (χ4n) is 1.07. The van der Waals surface area contributed by atoms with Crippen molar-refractivity contribution in [2.24, 2.45) is 5.73 Å². The molecule has 0 saturated heterocycles. The molecule has 1 atom stereocenters. The van der Waals surface area contributed by atoms with Crippen molar-refractivity contribution in [1.82, 2.24) is 9.55 Å². The maximum Gasteiger partial charge on any atom is 0.105 e. The van der Waals surface area contributed by atoms with Crippen molar-refractivity contribution in [2.45, 2.75) is 26.4 Å². The van der Waals surface area contributed by atoms with Crippen LogP contribution in [0.1, 0.15) is 12.7 Å². The third-order valence-corrected chi connectivity index (χ3v) is 3.01. The molecule has 1 aromatic heterocycles. The summed E-state index contributed by atoms with van der Waals surface area (Å²) < 4.78 is 2.16. The summed E-state index contributed by atoms with van der Waals surface area (Å²) in [4.78, 5) is 4.16. The van der Waals surface area contributed by atoms with Crippen LogP contribution in [-0.4, -0.2) is 27.1 Å². The Hall–Kier alpha value is -0.480. The molecule has 0 aliphatic heterocycles. The van der Waals surface area contributed by atoms with E-state index in [0.29, 0.717) is 6.04 Å². The lowest BCUT2D eigenvalue weighted by Gasteiger charge is -2.06. The van der Waals surface area contributed by atoms with Gasteiger partial charge in [-0.3, -0.25) is 0 Å². The van der Waals surface area contributed by atoms with E-state index in [0.717, 1.165) is 23.9 Å². The molecule has 0 aromatic carbocycles. The number of aryl methyl sites for hydroxylation is 2. The minimum absolute atomic E-state index is 0.300. The molecular formula is C9H17N3S. The molecule has 3 nitrogen and oxygen atoms in total. The van der Waals surface area contributed by atoms with E-state index in [1.807, 2.05) is 38.0 Å². The number of nitrogens with zero attached hydrogens (tertiary/aromatic N) is 2. The second-order valence-corrected chi connectivity index (χ2v) is 4.37. The molecule has 0 aliphatic carbocycles. The summed E-state index contributed by atoms with van der Waals surface area (Å²) in [5, 5.41) is 0. The predicted molar refractivity (Wildman–Crippen MR) is 57.9 cm³/mol. The van der Waals surface area contributed by atoms with E-state index in [-0.39, 0.29) is 0 Å². The van der Waals surface area contributed by atoms with Gasteiger partial charge in [-0.05, 0) is 13.8 Å². The van der Waals surface area contributed by atoms with Crippen LogP contribution < -0.4 is 5.73 Å². The third-order valence-electron chi connectivity index (χ3n) is 1.78. The molecule has 1 rings (SSSR count). The van der Waals surface area contributed by atoms with Gasteiger partial charge in [0.05, 0.1) is 0 Å². The van der Waals surface area contributed by atoms with Crippen molar-refractivity contribution >= 4 is 11.8 Å². The Bertz CT molecular complexity index is 245. The highest BCUT2D eigenvalue weighted by Gasteiger charge is 1.97. The van der Waals surface area contributed by atoms with Crippen LogP contribution in [0, 0.1) is 6.92 Å². The number of imidazole rings is 1. The van der Waals surface area contributed by atoms with Crippen LogP contribution in [0.25, 0.3) is 0 Å². The molecule has 1 aromatic rings. The largest absolute Gasteiger partial charge is 0.334 e. The smallest absolute Gasteiger partial charge is 0.105 e. The van der Waals surface area contributed by atoms with E-state index in [2.05, 4.69) is 9.55 Å². The van der Waals surface area contributed by atoms with Gasteiger partial charge >= 0.3 is 0 Å². The zero-order chi connectivity index (χ0) is 9.68. The van der Waals surface area contributed by atoms with Crippen molar-refractivity contribution in [1.29, 1.82) is 0 Å². The molecule has 0 amide bonds. The number of hydrogen-bond donors (Lipinski definition) is 1. The molecular weight excluding hydrogens is 182 g/mol. The minimum Gasteiger partial charge on any atom is -0.334 e.